The highest BCUT2D eigenvalue weighted by molar-refractivity contribution is 5.37. The Labute approximate surface area is 110 Å². The number of H-pyrrole nitrogens is 2. The van der Waals surface area contributed by atoms with Crippen molar-refractivity contribution < 1.29 is 4.74 Å². The monoisotopic (exact) mass is 260 g/mol. The van der Waals surface area contributed by atoms with E-state index < -0.39 is 0 Å². The molecule has 0 aliphatic carbocycles. The summed E-state index contributed by atoms with van der Waals surface area (Å²) in [5, 5.41) is 0. The van der Waals surface area contributed by atoms with Crippen LogP contribution in [0.25, 0.3) is 0 Å². The van der Waals surface area contributed by atoms with Crippen molar-refractivity contribution in [2.45, 2.75) is 19.6 Å². The van der Waals surface area contributed by atoms with Crippen LogP contribution in [0.4, 0.5) is 5.82 Å². The van der Waals surface area contributed by atoms with Gasteiger partial charge in [0.25, 0.3) is 5.56 Å². The maximum Gasteiger partial charge on any atom is 0.256 e. The first kappa shape index (κ1) is 12.0. The molecule has 2 N–H and O–H groups in total. The van der Waals surface area contributed by atoms with Crippen molar-refractivity contribution in [3.63, 3.8) is 0 Å². The zero-order chi connectivity index (χ0) is 13.2. The fourth-order valence-electron chi connectivity index (χ4n) is 2.24. The highest BCUT2D eigenvalue weighted by atomic mass is 16.5. The van der Waals surface area contributed by atoms with E-state index in [-0.39, 0.29) is 5.56 Å². The topological polar surface area (TPSA) is 74.0 Å². The fourth-order valence-corrected chi connectivity index (χ4v) is 2.24. The number of aromatic nitrogens is 3. The molecule has 0 radical (unpaired) electrons. The molecule has 0 atom stereocenters. The van der Waals surface area contributed by atoms with Crippen LogP contribution in [0.1, 0.15) is 17.1 Å². The van der Waals surface area contributed by atoms with Gasteiger partial charge in [0, 0.05) is 19.7 Å². The first-order valence-electron chi connectivity index (χ1n) is 6.27. The second kappa shape index (κ2) is 4.89. The van der Waals surface area contributed by atoms with Crippen LogP contribution in [0.2, 0.25) is 0 Å². The average molecular weight is 260 g/mol. The average Bonchev–Trinajstić information content (AvgIpc) is 2.93. The van der Waals surface area contributed by atoms with E-state index >= 15 is 0 Å². The highest BCUT2D eigenvalue weighted by Gasteiger charge is 2.16. The quantitative estimate of drug-likeness (QED) is 0.856. The van der Waals surface area contributed by atoms with Crippen LogP contribution in [-0.2, 0) is 24.3 Å². The van der Waals surface area contributed by atoms with E-state index in [1.807, 2.05) is 30.3 Å². The maximum atomic E-state index is 12.0. The van der Waals surface area contributed by atoms with Crippen LogP contribution in [0.15, 0.2) is 23.1 Å². The van der Waals surface area contributed by atoms with Gasteiger partial charge < -0.3 is 19.6 Å². The van der Waals surface area contributed by atoms with Crippen LogP contribution in [0.3, 0.4) is 0 Å². The molecule has 0 aromatic carbocycles. The van der Waals surface area contributed by atoms with Crippen LogP contribution in [-0.4, -0.2) is 28.6 Å². The third kappa shape index (κ3) is 2.39. The summed E-state index contributed by atoms with van der Waals surface area (Å²) in [7, 11) is 1.95. The lowest BCUT2D eigenvalue weighted by Gasteiger charge is -2.19. The van der Waals surface area contributed by atoms with E-state index in [1.165, 1.54) is 0 Å². The van der Waals surface area contributed by atoms with Crippen LogP contribution >= 0.6 is 0 Å². The normalized spacial score (nSPS) is 14.2. The maximum absolute atomic E-state index is 12.0. The van der Waals surface area contributed by atoms with Gasteiger partial charge >= 0.3 is 0 Å². The summed E-state index contributed by atoms with van der Waals surface area (Å²) in [6, 6.07) is 3.91. The Morgan fingerprint density at radius 3 is 3.21 bits per heavy atom. The summed E-state index contributed by atoms with van der Waals surface area (Å²) in [4.78, 5) is 24.4. The molecule has 1 aliphatic heterocycles. The molecule has 3 rings (SSSR count). The minimum atomic E-state index is -0.0837. The molecule has 0 spiro atoms. The highest BCUT2D eigenvalue weighted by Crippen LogP contribution is 2.13. The number of hydrogen-bond donors (Lipinski definition) is 2. The smallest absolute Gasteiger partial charge is 0.256 e. The summed E-state index contributed by atoms with van der Waals surface area (Å²) < 4.78 is 5.28. The Morgan fingerprint density at radius 1 is 1.53 bits per heavy atom. The minimum Gasteiger partial charge on any atom is -0.376 e. The summed E-state index contributed by atoms with van der Waals surface area (Å²) in [6.07, 6.45) is 2.57. The van der Waals surface area contributed by atoms with Gasteiger partial charge in [-0.1, -0.05) is 0 Å². The molecule has 0 fully saturated rings. The van der Waals surface area contributed by atoms with E-state index in [0.29, 0.717) is 37.6 Å². The molecule has 3 heterocycles. The van der Waals surface area contributed by atoms with Gasteiger partial charge in [-0.15, -0.1) is 0 Å². The van der Waals surface area contributed by atoms with Gasteiger partial charge in [-0.05, 0) is 12.1 Å². The van der Waals surface area contributed by atoms with Crippen molar-refractivity contribution in [2.24, 2.45) is 0 Å². The van der Waals surface area contributed by atoms with Gasteiger partial charge in [-0.3, -0.25) is 4.79 Å². The molecule has 2 aromatic heterocycles. The second-order valence-electron chi connectivity index (χ2n) is 4.65. The molecule has 0 amide bonds. The molecule has 100 valence electrons. The van der Waals surface area contributed by atoms with Gasteiger partial charge in [-0.2, -0.15) is 0 Å². The Hall–Kier alpha value is -2.08. The Balaban J connectivity index is 1.86. The molecule has 19 heavy (non-hydrogen) atoms. The van der Waals surface area contributed by atoms with Crippen LogP contribution < -0.4 is 10.5 Å². The zero-order valence-corrected chi connectivity index (χ0v) is 10.8. The number of fused-ring (bicyclic) bond motifs is 1. The lowest BCUT2D eigenvalue weighted by atomic mass is 10.1. The molecule has 0 saturated carbocycles. The molecular weight excluding hydrogens is 244 g/mol. The van der Waals surface area contributed by atoms with Crippen molar-refractivity contribution in [2.75, 3.05) is 18.6 Å². The van der Waals surface area contributed by atoms with Crippen molar-refractivity contribution in [3.05, 3.63) is 45.8 Å². The molecule has 6 nitrogen and oxygen atoms in total. The van der Waals surface area contributed by atoms with Gasteiger partial charge in [0.1, 0.15) is 11.6 Å². The van der Waals surface area contributed by atoms with Crippen molar-refractivity contribution >= 4 is 5.82 Å². The summed E-state index contributed by atoms with van der Waals surface area (Å²) in [6.45, 7) is 1.56. The number of aromatic amines is 2. The molecule has 1 aliphatic rings. The first-order chi connectivity index (χ1) is 9.24. The van der Waals surface area contributed by atoms with Gasteiger partial charge in [0.15, 0.2) is 0 Å². The number of nitrogens with one attached hydrogen (secondary N) is 2. The van der Waals surface area contributed by atoms with Crippen LogP contribution in [0.5, 0.6) is 0 Å². The molecule has 2 aromatic rings. The SMILES string of the molecule is CN(Cc1nc2c(c(=O)[nH]1)COCC2)c1ccc[nH]1. The molecule has 6 heteroatoms. The third-order valence-corrected chi connectivity index (χ3v) is 3.26. The predicted molar refractivity (Wildman–Crippen MR) is 71.1 cm³/mol. The molecule has 0 saturated heterocycles. The number of rotatable bonds is 3. The molecular formula is C13H16N4O2. The Morgan fingerprint density at radius 2 is 2.42 bits per heavy atom. The Bertz CT molecular complexity index is 618. The van der Waals surface area contributed by atoms with Gasteiger partial charge in [0.2, 0.25) is 0 Å². The van der Waals surface area contributed by atoms with Gasteiger partial charge in [-0.25, -0.2) is 4.98 Å². The second-order valence-corrected chi connectivity index (χ2v) is 4.65. The van der Waals surface area contributed by atoms with Crippen LogP contribution in [0, 0.1) is 0 Å². The summed E-state index contributed by atoms with van der Waals surface area (Å²) >= 11 is 0. The largest absolute Gasteiger partial charge is 0.376 e. The van der Waals surface area contributed by atoms with Crippen molar-refractivity contribution in [1.82, 2.24) is 15.0 Å². The van der Waals surface area contributed by atoms with E-state index in [0.717, 1.165) is 11.5 Å². The standard InChI is InChI=1S/C13H16N4O2/c1-17(12-3-2-5-14-12)7-11-15-10-4-6-19-8-9(10)13(18)16-11/h2-3,5,14H,4,6-8H2,1H3,(H,15,16,18). The third-order valence-electron chi connectivity index (χ3n) is 3.26. The Kier molecular flexibility index (Phi) is 3.08. The summed E-state index contributed by atoms with van der Waals surface area (Å²) in [5.41, 5.74) is 1.45. The minimum absolute atomic E-state index is 0.0837. The van der Waals surface area contributed by atoms with Crippen molar-refractivity contribution in [1.29, 1.82) is 0 Å². The van der Waals surface area contributed by atoms with Crippen molar-refractivity contribution in [3.8, 4) is 0 Å². The summed E-state index contributed by atoms with van der Waals surface area (Å²) in [5.74, 6) is 1.67. The predicted octanol–water partition coefficient (Wildman–Crippen LogP) is 0.807. The molecule has 0 bridgehead atoms. The number of anilines is 1. The first-order valence-corrected chi connectivity index (χ1v) is 6.27. The van der Waals surface area contributed by atoms with E-state index in [9.17, 15) is 4.79 Å². The zero-order valence-electron chi connectivity index (χ0n) is 10.8. The number of hydrogen-bond acceptors (Lipinski definition) is 4. The fraction of sp³-hybridized carbons (Fsp3) is 0.385. The lowest BCUT2D eigenvalue weighted by Crippen LogP contribution is -2.28. The van der Waals surface area contributed by atoms with Gasteiger partial charge in [0.05, 0.1) is 31.0 Å². The molecule has 0 unspecified atom stereocenters. The van der Waals surface area contributed by atoms with E-state index in [1.54, 1.807) is 0 Å². The lowest BCUT2D eigenvalue weighted by molar-refractivity contribution is 0.108. The van der Waals surface area contributed by atoms with E-state index in [2.05, 4.69) is 15.0 Å². The number of ether oxygens (including phenoxy) is 1. The van der Waals surface area contributed by atoms with E-state index in [4.69, 9.17) is 4.74 Å². The number of nitrogens with zero attached hydrogens (tertiary/aromatic N) is 2.